The molecule has 122 valence electrons. The van der Waals surface area contributed by atoms with E-state index in [4.69, 9.17) is 4.74 Å². The average Bonchev–Trinajstić information content (AvgIpc) is 2.91. The number of sulfone groups is 1. The van der Waals surface area contributed by atoms with Crippen molar-refractivity contribution in [3.05, 3.63) is 24.0 Å². The zero-order valence-corrected chi connectivity index (χ0v) is 13.9. The molecule has 0 N–H and O–H groups in total. The second-order valence-corrected chi connectivity index (χ2v) is 8.77. The maximum Gasteiger partial charge on any atom is 0.150 e. The van der Waals surface area contributed by atoms with Gasteiger partial charge in [-0.05, 0) is 44.2 Å². The van der Waals surface area contributed by atoms with Gasteiger partial charge in [-0.1, -0.05) is 0 Å². The van der Waals surface area contributed by atoms with Crippen LogP contribution in [-0.2, 0) is 9.84 Å². The summed E-state index contributed by atoms with van der Waals surface area (Å²) in [5, 5.41) is 0. The normalized spacial score (nSPS) is 26.1. The zero-order valence-electron chi connectivity index (χ0n) is 13.1. The Morgan fingerprint density at radius 2 is 2.09 bits per heavy atom. The van der Waals surface area contributed by atoms with Crippen LogP contribution in [0.4, 0.5) is 0 Å². The highest BCUT2D eigenvalue weighted by Crippen LogP contribution is 2.24. The molecule has 0 amide bonds. The van der Waals surface area contributed by atoms with Gasteiger partial charge in [0.25, 0.3) is 0 Å². The number of likely N-dealkylation sites (tertiary alicyclic amines) is 1. The van der Waals surface area contributed by atoms with Gasteiger partial charge in [-0.15, -0.1) is 0 Å². The Balaban J connectivity index is 1.48. The summed E-state index contributed by atoms with van der Waals surface area (Å²) in [6.45, 7) is 4.93. The second kappa shape index (κ2) is 6.54. The van der Waals surface area contributed by atoms with Crippen molar-refractivity contribution in [2.24, 2.45) is 5.92 Å². The van der Waals surface area contributed by atoms with Crippen molar-refractivity contribution < 1.29 is 13.2 Å². The predicted octanol–water partition coefficient (Wildman–Crippen LogP) is 1.67. The lowest BCUT2D eigenvalue weighted by molar-refractivity contribution is 0.187. The number of hydrogen-bond acceptors (Lipinski definition) is 5. The molecule has 3 heterocycles. The molecule has 2 fully saturated rings. The lowest BCUT2D eigenvalue weighted by Crippen LogP contribution is -2.34. The van der Waals surface area contributed by atoms with Gasteiger partial charge in [-0.25, -0.2) is 8.42 Å². The molecule has 0 bridgehead atoms. The topological polar surface area (TPSA) is 59.5 Å². The Kier molecular flexibility index (Phi) is 4.68. The van der Waals surface area contributed by atoms with Gasteiger partial charge in [-0.2, -0.15) is 0 Å². The standard InChI is InChI=1S/C16H24N2O3S/c1-13-16(3-2-7-17-13)21-15-4-8-18(12-15)11-14-5-9-22(19,20)10-6-14/h2-3,7,14-15H,4-6,8-12H2,1H3. The third-order valence-electron chi connectivity index (χ3n) is 4.67. The fourth-order valence-electron chi connectivity index (χ4n) is 3.32. The molecule has 2 aliphatic rings. The van der Waals surface area contributed by atoms with E-state index in [1.54, 1.807) is 6.20 Å². The smallest absolute Gasteiger partial charge is 0.150 e. The Hall–Kier alpha value is -1.14. The Morgan fingerprint density at radius 1 is 1.32 bits per heavy atom. The molecule has 0 aromatic carbocycles. The molecule has 1 aromatic rings. The zero-order chi connectivity index (χ0) is 15.6. The molecule has 0 radical (unpaired) electrons. The molecule has 0 spiro atoms. The van der Waals surface area contributed by atoms with Crippen LogP contribution in [-0.4, -0.2) is 55.5 Å². The highest BCUT2D eigenvalue weighted by atomic mass is 32.2. The fraction of sp³-hybridized carbons (Fsp3) is 0.688. The second-order valence-electron chi connectivity index (χ2n) is 6.47. The highest BCUT2D eigenvalue weighted by molar-refractivity contribution is 7.91. The SMILES string of the molecule is Cc1ncccc1OC1CCN(CC2CCS(=O)(=O)CC2)C1. The molecule has 3 rings (SSSR count). The number of aromatic nitrogens is 1. The minimum Gasteiger partial charge on any atom is -0.487 e. The maximum absolute atomic E-state index is 11.5. The van der Waals surface area contributed by atoms with E-state index in [9.17, 15) is 8.42 Å². The number of rotatable bonds is 4. The predicted molar refractivity (Wildman–Crippen MR) is 85.8 cm³/mol. The molecular weight excluding hydrogens is 300 g/mol. The lowest BCUT2D eigenvalue weighted by atomic mass is 10.0. The van der Waals surface area contributed by atoms with Gasteiger partial charge in [0.1, 0.15) is 21.7 Å². The maximum atomic E-state index is 11.5. The van der Waals surface area contributed by atoms with Crippen LogP contribution in [0.2, 0.25) is 0 Å². The molecule has 1 atom stereocenters. The first-order valence-electron chi connectivity index (χ1n) is 8.03. The molecule has 2 aliphatic heterocycles. The molecule has 1 unspecified atom stereocenters. The molecule has 0 aliphatic carbocycles. The van der Waals surface area contributed by atoms with E-state index in [1.165, 1.54) is 0 Å². The lowest BCUT2D eigenvalue weighted by Gasteiger charge is -2.26. The summed E-state index contributed by atoms with van der Waals surface area (Å²) in [6.07, 6.45) is 4.65. The summed E-state index contributed by atoms with van der Waals surface area (Å²) in [5.41, 5.74) is 0.929. The Labute approximate surface area is 132 Å². The highest BCUT2D eigenvalue weighted by Gasteiger charge is 2.29. The van der Waals surface area contributed by atoms with Gasteiger partial charge < -0.3 is 4.74 Å². The molecule has 22 heavy (non-hydrogen) atoms. The number of nitrogens with zero attached hydrogens (tertiary/aromatic N) is 2. The van der Waals surface area contributed by atoms with Crippen molar-refractivity contribution in [1.29, 1.82) is 0 Å². The van der Waals surface area contributed by atoms with Crippen molar-refractivity contribution in [3.63, 3.8) is 0 Å². The van der Waals surface area contributed by atoms with Crippen LogP contribution >= 0.6 is 0 Å². The average molecular weight is 324 g/mol. The quantitative estimate of drug-likeness (QED) is 0.843. The number of ether oxygens (including phenoxy) is 1. The van der Waals surface area contributed by atoms with Crippen molar-refractivity contribution in [1.82, 2.24) is 9.88 Å². The van der Waals surface area contributed by atoms with E-state index in [1.807, 2.05) is 19.1 Å². The molecule has 2 saturated heterocycles. The first-order valence-corrected chi connectivity index (χ1v) is 9.85. The van der Waals surface area contributed by atoms with Crippen LogP contribution in [0.1, 0.15) is 25.0 Å². The van der Waals surface area contributed by atoms with Crippen molar-refractivity contribution in [2.45, 2.75) is 32.3 Å². The van der Waals surface area contributed by atoms with E-state index in [0.29, 0.717) is 17.4 Å². The van der Waals surface area contributed by atoms with E-state index < -0.39 is 9.84 Å². The van der Waals surface area contributed by atoms with Crippen molar-refractivity contribution >= 4 is 9.84 Å². The summed E-state index contributed by atoms with van der Waals surface area (Å²) in [6, 6.07) is 3.87. The molecule has 1 aromatic heterocycles. The van der Waals surface area contributed by atoms with Crippen LogP contribution < -0.4 is 4.74 Å². The monoisotopic (exact) mass is 324 g/mol. The van der Waals surface area contributed by atoms with E-state index in [0.717, 1.165) is 50.3 Å². The van der Waals surface area contributed by atoms with Gasteiger partial charge in [0.15, 0.2) is 0 Å². The van der Waals surface area contributed by atoms with Crippen LogP contribution in [0, 0.1) is 12.8 Å². The van der Waals surface area contributed by atoms with E-state index >= 15 is 0 Å². The van der Waals surface area contributed by atoms with Crippen molar-refractivity contribution in [2.75, 3.05) is 31.1 Å². The van der Waals surface area contributed by atoms with Crippen LogP contribution in [0.3, 0.4) is 0 Å². The van der Waals surface area contributed by atoms with Gasteiger partial charge >= 0.3 is 0 Å². The number of hydrogen-bond donors (Lipinski definition) is 0. The summed E-state index contributed by atoms with van der Waals surface area (Å²) >= 11 is 0. The Bertz CT molecular complexity index is 604. The molecule has 6 heteroatoms. The fourth-order valence-corrected chi connectivity index (χ4v) is 4.91. The first kappa shape index (κ1) is 15.7. The summed E-state index contributed by atoms with van der Waals surface area (Å²) in [4.78, 5) is 6.67. The van der Waals surface area contributed by atoms with E-state index in [2.05, 4.69) is 9.88 Å². The van der Waals surface area contributed by atoms with Crippen LogP contribution in [0.5, 0.6) is 5.75 Å². The minimum absolute atomic E-state index is 0.218. The summed E-state index contributed by atoms with van der Waals surface area (Å²) in [7, 11) is -2.76. The minimum atomic E-state index is -2.76. The Morgan fingerprint density at radius 3 is 2.82 bits per heavy atom. The van der Waals surface area contributed by atoms with Crippen molar-refractivity contribution in [3.8, 4) is 5.75 Å². The van der Waals surface area contributed by atoms with Gasteiger partial charge in [0, 0.05) is 25.8 Å². The van der Waals surface area contributed by atoms with Gasteiger partial charge in [0.05, 0.1) is 17.2 Å². The number of pyridine rings is 1. The largest absolute Gasteiger partial charge is 0.487 e. The summed E-state index contributed by atoms with van der Waals surface area (Å²) < 4.78 is 29.0. The number of aryl methyl sites for hydroxylation is 1. The van der Waals surface area contributed by atoms with E-state index in [-0.39, 0.29) is 6.10 Å². The van der Waals surface area contributed by atoms with Gasteiger partial charge in [0.2, 0.25) is 0 Å². The first-order chi connectivity index (χ1) is 10.5. The molecule has 0 saturated carbocycles. The van der Waals surface area contributed by atoms with Crippen LogP contribution in [0.25, 0.3) is 0 Å². The third kappa shape index (κ3) is 3.98. The van der Waals surface area contributed by atoms with Gasteiger partial charge in [-0.3, -0.25) is 9.88 Å². The third-order valence-corrected chi connectivity index (χ3v) is 6.39. The molecular formula is C16H24N2O3S. The van der Waals surface area contributed by atoms with Crippen LogP contribution in [0.15, 0.2) is 18.3 Å². The molecule has 5 nitrogen and oxygen atoms in total. The summed E-state index contributed by atoms with van der Waals surface area (Å²) in [5.74, 6) is 2.11.